The van der Waals surface area contributed by atoms with E-state index < -0.39 is 0 Å². The number of nitrogens with one attached hydrogen (secondary N) is 1. The zero-order valence-electron chi connectivity index (χ0n) is 14.4. The summed E-state index contributed by atoms with van der Waals surface area (Å²) in [5, 5.41) is 10.1. The lowest BCUT2D eigenvalue weighted by Gasteiger charge is -2.07. The molecule has 0 radical (unpaired) electrons. The normalized spacial score (nSPS) is 11.2. The molecule has 0 aliphatic carbocycles. The molecule has 24 heavy (non-hydrogen) atoms. The van der Waals surface area contributed by atoms with Gasteiger partial charge in [0.05, 0.1) is 78.9 Å². The number of ether oxygens (including phenoxy) is 6. The highest BCUT2D eigenvalue weighted by molar-refractivity contribution is 4.86. The average Bonchev–Trinajstić information content (AvgIpc) is 3.11. The zero-order chi connectivity index (χ0) is 17.1. The molecule has 1 heterocycles. The van der Waals surface area contributed by atoms with Crippen LogP contribution in [0, 0.1) is 0 Å². The summed E-state index contributed by atoms with van der Waals surface area (Å²) in [4.78, 5) is 0. The van der Waals surface area contributed by atoms with Gasteiger partial charge in [-0.05, 0) is 6.92 Å². The number of nitrogens with zero attached hydrogens (tertiary/aromatic N) is 2. The van der Waals surface area contributed by atoms with Gasteiger partial charge in [-0.3, -0.25) is 0 Å². The Kier molecular flexibility index (Phi) is 14.6. The van der Waals surface area contributed by atoms with Crippen molar-refractivity contribution in [1.82, 2.24) is 15.4 Å². The predicted molar refractivity (Wildman–Crippen MR) is 85.8 cm³/mol. The average molecular weight is 347 g/mol. The van der Waals surface area contributed by atoms with E-state index in [2.05, 4.69) is 15.4 Å². The summed E-state index contributed by atoms with van der Waals surface area (Å²) in [7, 11) is 0. The van der Waals surface area contributed by atoms with Crippen LogP contribution in [0.2, 0.25) is 0 Å². The minimum atomic E-state index is 0.434. The highest BCUT2D eigenvalue weighted by atomic mass is 16.6. The fourth-order valence-electron chi connectivity index (χ4n) is 1.61. The Morgan fingerprint density at radius 1 is 0.708 bits per heavy atom. The summed E-state index contributed by atoms with van der Waals surface area (Å²) in [5.41, 5.74) is 0.776. The standard InChI is InChI=1S/C15H29N3O6/c1-2-19-3-4-20-5-6-21-7-8-22-9-10-23-11-12-24-14-15-13-16-18-17-15/h13H,2-12,14H2,1H3,(H,16,17,18). The summed E-state index contributed by atoms with van der Waals surface area (Å²) in [6, 6.07) is 0. The van der Waals surface area contributed by atoms with Crippen LogP contribution in [0.3, 0.4) is 0 Å². The maximum atomic E-state index is 5.38. The second-order valence-corrected chi connectivity index (χ2v) is 4.66. The Labute approximate surface area is 142 Å². The molecule has 0 fully saturated rings. The highest BCUT2D eigenvalue weighted by Gasteiger charge is 1.96. The molecule has 140 valence electrons. The Morgan fingerprint density at radius 3 is 1.58 bits per heavy atom. The van der Waals surface area contributed by atoms with Crippen LogP contribution in [0.1, 0.15) is 12.6 Å². The van der Waals surface area contributed by atoms with Crippen LogP contribution >= 0.6 is 0 Å². The van der Waals surface area contributed by atoms with Gasteiger partial charge in [0.1, 0.15) is 5.69 Å². The first-order valence-corrected chi connectivity index (χ1v) is 8.24. The van der Waals surface area contributed by atoms with Crippen LogP contribution in [-0.4, -0.2) is 88.1 Å². The van der Waals surface area contributed by atoms with Crippen LogP contribution in [0.5, 0.6) is 0 Å². The van der Waals surface area contributed by atoms with Crippen molar-refractivity contribution in [2.45, 2.75) is 13.5 Å². The molecule has 1 aromatic heterocycles. The van der Waals surface area contributed by atoms with Crippen LogP contribution in [0.15, 0.2) is 6.20 Å². The van der Waals surface area contributed by atoms with Gasteiger partial charge in [-0.2, -0.15) is 15.4 Å². The first-order valence-electron chi connectivity index (χ1n) is 8.24. The third-order valence-electron chi connectivity index (χ3n) is 2.78. The van der Waals surface area contributed by atoms with Gasteiger partial charge in [0, 0.05) is 6.61 Å². The molecule has 0 aliphatic rings. The Morgan fingerprint density at radius 2 is 1.17 bits per heavy atom. The maximum absolute atomic E-state index is 5.38. The van der Waals surface area contributed by atoms with Crippen molar-refractivity contribution in [1.29, 1.82) is 0 Å². The quantitative estimate of drug-likeness (QED) is 0.382. The summed E-state index contributed by atoms with van der Waals surface area (Å²) in [5.74, 6) is 0. The van der Waals surface area contributed by atoms with Crippen molar-refractivity contribution in [3.63, 3.8) is 0 Å². The highest BCUT2D eigenvalue weighted by Crippen LogP contribution is 1.92. The van der Waals surface area contributed by atoms with E-state index >= 15 is 0 Å². The monoisotopic (exact) mass is 347 g/mol. The number of rotatable bonds is 18. The second kappa shape index (κ2) is 16.7. The molecule has 0 aliphatic heterocycles. The molecule has 0 atom stereocenters. The SMILES string of the molecule is CCOCCOCCOCCOCCOCCOCc1cn[nH]n1. The molecule has 0 saturated heterocycles. The predicted octanol–water partition coefficient (Wildman–Crippen LogP) is 0.424. The van der Waals surface area contributed by atoms with Gasteiger partial charge in [0.25, 0.3) is 0 Å². The van der Waals surface area contributed by atoms with Crippen molar-refractivity contribution in [2.24, 2.45) is 0 Å². The molecule has 9 heteroatoms. The third kappa shape index (κ3) is 13.3. The molecular weight excluding hydrogens is 318 g/mol. The van der Waals surface area contributed by atoms with Gasteiger partial charge in [-0.1, -0.05) is 0 Å². The van der Waals surface area contributed by atoms with Crippen molar-refractivity contribution >= 4 is 0 Å². The van der Waals surface area contributed by atoms with Crippen LogP contribution < -0.4 is 0 Å². The molecule has 0 aromatic carbocycles. The number of aromatic amines is 1. The first kappa shape index (κ1) is 20.9. The third-order valence-corrected chi connectivity index (χ3v) is 2.78. The van der Waals surface area contributed by atoms with E-state index in [0.717, 1.165) is 12.3 Å². The van der Waals surface area contributed by atoms with Gasteiger partial charge in [-0.25, -0.2) is 0 Å². The van der Waals surface area contributed by atoms with Gasteiger partial charge < -0.3 is 28.4 Å². The molecule has 1 aromatic rings. The minimum Gasteiger partial charge on any atom is -0.379 e. The van der Waals surface area contributed by atoms with Crippen molar-refractivity contribution in [2.75, 3.05) is 72.7 Å². The summed E-state index contributed by atoms with van der Waals surface area (Å²) in [6.07, 6.45) is 1.63. The lowest BCUT2D eigenvalue weighted by atomic mass is 10.5. The Balaban J connectivity index is 1.66. The number of aromatic nitrogens is 3. The van der Waals surface area contributed by atoms with E-state index in [1.807, 2.05) is 6.92 Å². The van der Waals surface area contributed by atoms with Crippen molar-refractivity contribution < 1.29 is 28.4 Å². The molecule has 0 amide bonds. The number of hydrogen-bond acceptors (Lipinski definition) is 8. The fraction of sp³-hybridized carbons (Fsp3) is 0.867. The molecule has 1 rings (SSSR count). The lowest BCUT2D eigenvalue weighted by molar-refractivity contribution is -0.0173. The topological polar surface area (TPSA) is 97.0 Å². The van der Waals surface area contributed by atoms with Gasteiger partial charge in [-0.15, -0.1) is 0 Å². The second-order valence-electron chi connectivity index (χ2n) is 4.66. The fourth-order valence-corrected chi connectivity index (χ4v) is 1.61. The van der Waals surface area contributed by atoms with Crippen LogP contribution in [0.25, 0.3) is 0 Å². The molecule has 9 nitrogen and oxygen atoms in total. The van der Waals surface area contributed by atoms with E-state index in [0.29, 0.717) is 72.7 Å². The molecule has 0 saturated carbocycles. The number of hydrogen-bond donors (Lipinski definition) is 1. The zero-order valence-corrected chi connectivity index (χ0v) is 14.4. The van der Waals surface area contributed by atoms with E-state index in [9.17, 15) is 0 Å². The largest absolute Gasteiger partial charge is 0.379 e. The molecule has 0 spiro atoms. The van der Waals surface area contributed by atoms with Gasteiger partial charge >= 0.3 is 0 Å². The van der Waals surface area contributed by atoms with Crippen LogP contribution in [-0.2, 0) is 35.0 Å². The van der Waals surface area contributed by atoms with Gasteiger partial charge in [0.15, 0.2) is 0 Å². The van der Waals surface area contributed by atoms with E-state index in [4.69, 9.17) is 28.4 Å². The Hall–Kier alpha value is -1.10. The van der Waals surface area contributed by atoms with E-state index in [1.54, 1.807) is 6.20 Å². The maximum Gasteiger partial charge on any atom is 0.108 e. The smallest absolute Gasteiger partial charge is 0.108 e. The minimum absolute atomic E-state index is 0.434. The van der Waals surface area contributed by atoms with Gasteiger partial charge in [0.2, 0.25) is 0 Å². The summed E-state index contributed by atoms with van der Waals surface area (Å²) < 4.78 is 32.0. The van der Waals surface area contributed by atoms with Crippen molar-refractivity contribution in [3.8, 4) is 0 Å². The molecule has 0 unspecified atom stereocenters. The molecule has 1 N–H and O–H groups in total. The van der Waals surface area contributed by atoms with E-state index in [1.165, 1.54) is 0 Å². The summed E-state index contributed by atoms with van der Waals surface area (Å²) in [6.45, 7) is 8.70. The first-order chi connectivity index (χ1) is 11.9. The van der Waals surface area contributed by atoms with Crippen LogP contribution in [0.4, 0.5) is 0 Å². The Bertz CT molecular complexity index is 353. The summed E-state index contributed by atoms with van der Waals surface area (Å²) >= 11 is 0. The molecule has 0 bridgehead atoms. The van der Waals surface area contributed by atoms with E-state index in [-0.39, 0.29) is 0 Å². The molecular formula is C15H29N3O6. The lowest BCUT2D eigenvalue weighted by Crippen LogP contribution is -2.14. The van der Waals surface area contributed by atoms with Crippen molar-refractivity contribution in [3.05, 3.63) is 11.9 Å². The number of H-pyrrole nitrogens is 1.